The molecule has 2 aromatic heterocycles. The standard InChI is InChI=1S/C24H31N9O/c1-3-20(34)33-10-4-5-18(15-33)27-23-21-22(26-16-25-21)29-24(30-23)28-17-6-8-19(9-7-17)32-13-11-31(2)12-14-32/h3,6-9,16,18H,1,4-5,10-15H2,2H3,(H3,25,26,27,28,29,30)/p+1. The maximum absolute atomic E-state index is 12.1. The number of rotatable bonds is 6. The second-order valence-corrected chi connectivity index (χ2v) is 8.99. The lowest BCUT2D eigenvalue weighted by atomic mass is 10.1. The smallest absolute Gasteiger partial charge is 0.307 e. The highest BCUT2D eigenvalue weighted by molar-refractivity contribution is 5.87. The zero-order valence-corrected chi connectivity index (χ0v) is 19.5. The lowest BCUT2D eigenvalue weighted by molar-refractivity contribution is -0.347. The molecule has 2 saturated heterocycles. The minimum Gasteiger partial charge on any atom is -0.369 e. The van der Waals surface area contributed by atoms with Crippen molar-refractivity contribution in [2.24, 2.45) is 0 Å². The van der Waals surface area contributed by atoms with Crippen LogP contribution in [-0.2, 0) is 4.79 Å². The zero-order chi connectivity index (χ0) is 23.5. The number of nitrogens with zero attached hydrogens (tertiary/aromatic N) is 5. The number of hydrogen-bond acceptors (Lipinski definition) is 7. The Morgan fingerprint density at radius 2 is 1.97 bits per heavy atom. The van der Waals surface area contributed by atoms with Crippen LogP contribution in [0.5, 0.6) is 0 Å². The van der Waals surface area contributed by atoms with Crippen molar-refractivity contribution >= 4 is 40.2 Å². The molecule has 0 saturated carbocycles. The number of imidazole rings is 1. The van der Waals surface area contributed by atoms with Crippen molar-refractivity contribution < 1.29 is 9.78 Å². The summed E-state index contributed by atoms with van der Waals surface area (Å²) in [5, 5.41) is 6.86. The highest BCUT2D eigenvalue weighted by Gasteiger charge is 2.25. The van der Waals surface area contributed by atoms with E-state index in [2.05, 4.69) is 73.3 Å². The number of piperidine rings is 1. The molecule has 10 nitrogen and oxygen atoms in total. The van der Waals surface area contributed by atoms with Gasteiger partial charge in [-0.25, -0.2) is 4.98 Å². The summed E-state index contributed by atoms with van der Waals surface area (Å²) in [6, 6.07) is 8.52. The van der Waals surface area contributed by atoms with E-state index in [9.17, 15) is 4.79 Å². The minimum atomic E-state index is -0.0325. The average molecular weight is 463 g/mol. The van der Waals surface area contributed by atoms with Crippen molar-refractivity contribution in [3.05, 3.63) is 43.2 Å². The first-order valence-corrected chi connectivity index (χ1v) is 11.8. The molecule has 4 N–H and O–H groups in total. The number of likely N-dealkylation sites (N-methyl/N-ethyl adjacent to an activating group) is 1. The lowest BCUT2D eigenvalue weighted by Crippen LogP contribution is -2.44. The summed E-state index contributed by atoms with van der Waals surface area (Å²) >= 11 is 0. The number of benzene rings is 1. The van der Waals surface area contributed by atoms with Gasteiger partial charge >= 0.3 is 11.6 Å². The first-order chi connectivity index (χ1) is 16.6. The van der Waals surface area contributed by atoms with Crippen molar-refractivity contribution in [1.82, 2.24) is 24.8 Å². The molecule has 0 radical (unpaired) electrons. The van der Waals surface area contributed by atoms with Crippen LogP contribution in [0.2, 0.25) is 0 Å². The SMILES string of the molecule is C=CC(=O)N1CCCC(Nc2nc(Nc3ccc(N4CCN(C)CC4)cc3)nc3[nH+]c[nH]c23)C1. The van der Waals surface area contributed by atoms with Crippen LogP contribution in [-0.4, -0.2) is 83.0 Å². The molecule has 0 bridgehead atoms. The second-order valence-electron chi connectivity index (χ2n) is 8.99. The molecule has 2 aliphatic heterocycles. The van der Waals surface area contributed by atoms with Crippen molar-refractivity contribution in [2.75, 3.05) is 61.8 Å². The average Bonchev–Trinajstić information content (AvgIpc) is 3.34. The first kappa shape index (κ1) is 22.1. The van der Waals surface area contributed by atoms with Gasteiger partial charge in [0.15, 0.2) is 12.1 Å². The zero-order valence-electron chi connectivity index (χ0n) is 19.5. The number of piperazine rings is 1. The molecule has 5 rings (SSSR count). The molecule has 2 fully saturated rings. The quantitative estimate of drug-likeness (QED) is 0.480. The molecule has 1 unspecified atom stereocenters. The Morgan fingerprint density at radius 3 is 2.74 bits per heavy atom. The maximum atomic E-state index is 12.1. The van der Waals surface area contributed by atoms with Gasteiger partial charge in [0, 0.05) is 56.7 Å². The summed E-state index contributed by atoms with van der Waals surface area (Å²) in [5.41, 5.74) is 3.68. The molecular weight excluding hydrogens is 430 g/mol. The predicted molar refractivity (Wildman–Crippen MR) is 133 cm³/mol. The molecule has 2 aliphatic rings. The van der Waals surface area contributed by atoms with Gasteiger partial charge in [-0.3, -0.25) is 9.78 Å². The Bertz CT molecular complexity index is 1150. The van der Waals surface area contributed by atoms with E-state index in [4.69, 9.17) is 4.98 Å². The molecule has 34 heavy (non-hydrogen) atoms. The Hall–Kier alpha value is -3.66. The van der Waals surface area contributed by atoms with Gasteiger partial charge in [-0.05, 0) is 50.2 Å². The Morgan fingerprint density at radius 1 is 1.18 bits per heavy atom. The number of carbonyl (C=O) groups excluding carboxylic acids is 1. The summed E-state index contributed by atoms with van der Waals surface area (Å²) in [6.45, 7) is 9.23. The molecule has 178 valence electrons. The number of aromatic amines is 2. The van der Waals surface area contributed by atoms with E-state index in [0.717, 1.165) is 56.8 Å². The van der Waals surface area contributed by atoms with Crippen LogP contribution in [0.3, 0.4) is 0 Å². The van der Waals surface area contributed by atoms with Crippen LogP contribution in [0.1, 0.15) is 12.8 Å². The van der Waals surface area contributed by atoms with E-state index in [-0.39, 0.29) is 11.9 Å². The monoisotopic (exact) mass is 462 g/mol. The molecule has 0 aliphatic carbocycles. The number of carbonyl (C=O) groups is 1. The van der Waals surface area contributed by atoms with Gasteiger partial charge in [0.05, 0.1) is 0 Å². The van der Waals surface area contributed by atoms with Gasteiger partial charge < -0.3 is 25.3 Å². The van der Waals surface area contributed by atoms with E-state index in [1.807, 2.05) is 4.90 Å². The van der Waals surface area contributed by atoms with Gasteiger partial charge in [0.25, 0.3) is 0 Å². The van der Waals surface area contributed by atoms with Gasteiger partial charge in [-0.2, -0.15) is 4.98 Å². The Labute approximate surface area is 199 Å². The third-order valence-electron chi connectivity index (χ3n) is 6.57. The number of fused-ring (bicyclic) bond motifs is 1. The Balaban J connectivity index is 1.31. The highest BCUT2D eigenvalue weighted by atomic mass is 16.2. The van der Waals surface area contributed by atoms with Gasteiger partial charge in [-0.1, -0.05) is 11.6 Å². The largest absolute Gasteiger partial charge is 0.369 e. The number of amides is 1. The summed E-state index contributed by atoms with van der Waals surface area (Å²) in [4.78, 5) is 34.3. The van der Waals surface area contributed by atoms with Gasteiger partial charge in [0.2, 0.25) is 11.4 Å². The topological polar surface area (TPSA) is 107 Å². The first-order valence-electron chi connectivity index (χ1n) is 11.8. The van der Waals surface area contributed by atoms with Crippen molar-refractivity contribution in [3.63, 3.8) is 0 Å². The number of likely N-dealkylation sites (tertiary alicyclic amines) is 1. The molecule has 1 atom stereocenters. The molecular formula is C24H32N9O+. The van der Waals surface area contributed by atoms with Crippen LogP contribution in [0.15, 0.2) is 43.2 Å². The summed E-state index contributed by atoms with van der Waals surface area (Å²) < 4.78 is 0. The van der Waals surface area contributed by atoms with E-state index < -0.39 is 0 Å². The summed E-state index contributed by atoms with van der Waals surface area (Å²) in [6.07, 6.45) is 5.02. The number of nitrogens with one attached hydrogen (secondary N) is 4. The van der Waals surface area contributed by atoms with Crippen molar-refractivity contribution in [3.8, 4) is 0 Å². The number of H-pyrrole nitrogens is 2. The molecule has 1 amide bonds. The number of anilines is 4. The molecule has 1 aromatic carbocycles. The van der Waals surface area contributed by atoms with Crippen LogP contribution in [0.25, 0.3) is 11.2 Å². The normalized spacial score (nSPS) is 19.3. The van der Waals surface area contributed by atoms with Crippen molar-refractivity contribution in [2.45, 2.75) is 18.9 Å². The van der Waals surface area contributed by atoms with Crippen LogP contribution in [0.4, 0.5) is 23.1 Å². The Kier molecular flexibility index (Phi) is 6.31. The van der Waals surface area contributed by atoms with E-state index in [0.29, 0.717) is 24.0 Å². The minimum absolute atomic E-state index is 0.0325. The van der Waals surface area contributed by atoms with E-state index in [1.165, 1.54) is 11.8 Å². The third-order valence-corrected chi connectivity index (χ3v) is 6.57. The highest BCUT2D eigenvalue weighted by Crippen LogP contribution is 2.24. The van der Waals surface area contributed by atoms with Crippen LogP contribution < -0.4 is 20.5 Å². The molecule has 10 heteroatoms. The maximum Gasteiger partial charge on any atom is 0.307 e. The lowest BCUT2D eigenvalue weighted by Gasteiger charge is -2.34. The third kappa shape index (κ3) is 4.81. The molecule has 4 heterocycles. The van der Waals surface area contributed by atoms with Crippen LogP contribution in [0, 0.1) is 0 Å². The molecule has 3 aromatic rings. The molecule has 0 spiro atoms. The van der Waals surface area contributed by atoms with Crippen molar-refractivity contribution in [1.29, 1.82) is 0 Å². The van der Waals surface area contributed by atoms with E-state index in [1.54, 1.807) is 6.33 Å². The van der Waals surface area contributed by atoms with Crippen LogP contribution >= 0.6 is 0 Å². The predicted octanol–water partition coefficient (Wildman–Crippen LogP) is 1.86. The summed E-state index contributed by atoms with van der Waals surface area (Å²) in [5.74, 6) is 1.18. The fourth-order valence-corrected chi connectivity index (χ4v) is 4.61. The second kappa shape index (κ2) is 9.68. The van der Waals surface area contributed by atoms with Gasteiger partial charge in [-0.15, -0.1) is 0 Å². The summed E-state index contributed by atoms with van der Waals surface area (Å²) in [7, 11) is 2.16. The van der Waals surface area contributed by atoms with E-state index >= 15 is 0 Å². The van der Waals surface area contributed by atoms with Gasteiger partial charge in [0.1, 0.15) is 0 Å². The fourth-order valence-electron chi connectivity index (χ4n) is 4.61. The number of aromatic nitrogens is 4. The fraction of sp³-hybridized carbons (Fsp3) is 0.417. The number of hydrogen-bond donors (Lipinski definition) is 3.